The number of phenols is 2. The number of rotatable bonds is 1. The van der Waals surface area contributed by atoms with Gasteiger partial charge in [0.1, 0.15) is 34.2 Å². The van der Waals surface area contributed by atoms with Crippen molar-refractivity contribution in [3.8, 4) is 34.1 Å². The summed E-state index contributed by atoms with van der Waals surface area (Å²) in [4.78, 5) is 7.11. The van der Waals surface area contributed by atoms with E-state index in [2.05, 4.69) is 60.3 Å². The van der Waals surface area contributed by atoms with Crippen molar-refractivity contribution in [1.29, 1.82) is 0 Å². The molecule has 2 aliphatic rings. The first kappa shape index (κ1) is 24.9. The number of nitrogens with one attached hydrogen (secondary N) is 2. The maximum atomic E-state index is 11.4. The van der Waals surface area contributed by atoms with Gasteiger partial charge in [-0.3, -0.25) is 0 Å². The molecule has 8 rings (SSSR count). The lowest BCUT2D eigenvalue weighted by atomic mass is 9.95. The zero-order valence-electron chi connectivity index (χ0n) is 24.5. The van der Waals surface area contributed by atoms with E-state index in [9.17, 15) is 10.2 Å². The Balaban J connectivity index is 1.40. The second kappa shape index (κ2) is 7.91. The van der Waals surface area contributed by atoms with Crippen molar-refractivity contribution in [1.82, 2.24) is 9.97 Å². The van der Waals surface area contributed by atoms with Crippen molar-refractivity contribution in [2.45, 2.75) is 52.7 Å². The van der Waals surface area contributed by atoms with E-state index in [1.807, 2.05) is 39.8 Å². The number of aryl methyl sites for hydroxylation is 2. The van der Waals surface area contributed by atoms with Crippen molar-refractivity contribution >= 4 is 55.8 Å². The Hall–Kier alpha value is -4.84. The number of aromatic hydroxyl groups is 2. The summed E-state index contributed by atoms with van der Waals surface area (Å²) in [6.45, 7) is 12.3. The van der Waals surface area contributed by atoms with E-state index in [4.69, 9.17) is 9.47 Å². The molecule has 0 saturated carbocycles. The maximum Gasteiger partial charge on any atom is 0.132 e. The molecule has 0 spiro atoms. The molecule has 6 aromatic rings. The molecule has 6 heteroatoms. The van der Waals surface area contributed by atoms with E-state index in [0.29, 0.717) is 11.1 Å². The van der Waals surface area contributed by atoms with Gasteiger partial charge in [0.05, 0.1) is 27.6 Å². The van der Waals surface area contributed by atoms with Crippen LogP contribution in [0.2, 0.25) is 0 Å². The predicted octanol–water partition coefficient (Wildman–Crippen LogP) is 9.02. The van der Waals surface area contributed by atoms with Gasteiger partial charge >= 0.3 is 0 Å². The molecule has 42 heavy (non-hydrogen) atoms. The van der Waals surface area contributed by atoms with Gasteiger partial charge in [-0.2, -0.15) is 0 Å². The standard InChI is InChI=1S/C36H32N2O4/c1-17-13-23-19-7-8-27(39)29(32(19)38-31(23)21-10-12-36(5,6)42-34(17)21)25-15-22-24-14-18(2)33-20(9-11-35(3,4)41-33)30(24)37-26(22)16-28(25)40/h7-16,37-40H,1-6H3. The molecule has 4 heterocycles. The Kier molecular flexibility index (Phi) is 4.69. The number of aromatic amines is 2. The van der Waals surface area contributed by atoms with E-state index in [1.54, 1.807) is 12.1 Å². The van der Waals surface area contributed by atoms with E-state index in [-0.39, 0.29) is 17.1 Å². The van der Waals surface area contributed by atoms with E-state index in [1.165, 1.54) is 0 Å². The number of ether oxygens (including phenoxy) is 2. The van der Waals surface area contributed by atoms with Gasteiger partial charge in [-0.1, -0.05) is 0 Å². The molecule has 0 atom stereocenters. The highest BCUT2D eigenvalue weighted by molar-refractivity contribution is 6.18. The number of aromatic nitrogens is 2. The average molecular weight is 557 g/mol. The third kappa shape index (κ3) is 3.38. The Labute approximate surface area is 242 Å². The summed E-state index contributed by atoms with van der Waals surface area (Å²) in [5.74, 6) is 1.90. The van der Waals surface area contributed by atoms with Gasteiger partial charge in [-0.15, -0.1) is 0 Å². The second-order valence-electron chi connectivity index (χ2n) is 12.8. The Morgan fingerprint density at radius 3 is 1.81 bits per heavy atom. The minimum absolute atomic E-state index is 0.0808. The lowest BCUT2D eigenvalue weighted by Crippen LogP contribution is -2.28. The van der Waals surface area contributed by atoms with Crippen LogP contribution >= 0.6 is 0 Å². The van der Waals surface area contributed by atoms with Crippen LogP contribution in [-0.2, 0) is 0 Å². The van der Waals surface area contributed by atoms with Crippen molar-refractivity contribution in [2.75, 3.05) is 0 Å². The number of hydrogen-bond acceptors (Lipinski definition) is 4. The predicted molar refractivity (Wildman–Crippen MR) is 171 cm³/mol. The first-order valence-corrected chi connectivity index (χ1v) is 14.3. The zero-order valence-corrected chi connectivity index (χ0v) is 24.5. The van der Waals surface area contributed by atoms with Gasteiger partial charge in [-0.25, -0.2) is 0 Å². The molecule has 0 aliphatic carbocycles. The molecule has 2 aromatic heterocycles. The van der Waals surface area contributed by atoms with Crippen LogP contribution in [0, 0.1) is 13.8 Å². The SMILES string of the molecule is Cc1cc2c([nH]c3cc(O)c(-c4c(O)ccc5c4[nH]c4c6c(c(C)cc45)OC(C)(C)C=C6)cc32)c2c1OC(C)(C)C=C2. The van der Waals surface area contributed by atoms with Crippen LogP contribution in [0.5, 0.6) is 23.0 Å². The normalized spacial score (nSPS) is 16.6. The molecule has 0 fully saturated rings. The molecule has 6 nitrogen and oxygen atoms in total. The van der Waals surface area contributed by atoms with Crippen molar-refractivity contribution < 1.29 is 19.7 Å². The molecular formula is C36H32N2O4. The Bertz CT molecular complexity index is 2240. The van der Waals surface area contributed by atoms with Gasteiger partial charge in [0.25, 0.3) is 0 Å². The highest BCUT2D eigenvalue weighted by Gasteiger charge is 2.28. The molecular weight excluding hydrogens is 524 g/mol. The van der Waals surface area contributed by atoms with Crippen molar-refractivity contribution in [2.24, 2.45) is 0 Å². The number of fused-ring (bicyclic) bond motifs is 10. The summed E-state index contributed by atoms with van der Waals surface area (Å²) in [5.41, 5.74) is 7.90. The smallest absolute Gasteiger partial charge is 0.132 e. The van der Waals surface area contributed by atoms with Crippen molar-refractivity contribution in [3.05, 3.63) is 70.8 Å². The third-order valence-electron chi connectivity index (χ3n) is 8.72. The van der Waals surface area contributed by atoms with Crippen LogP contribution in [0.25, 0.3) is 66.9 Å². The molecule has 0 bridgehead atoms. The van der Waals surface area contributed by atoms with Crippen LogP contribution in [0.3, 0.4) is 0 Å². The Morgan fingerprint density at radius 1 is 0.619 bits per heavy atom. The quantitative estimate of drug-likeness (QED) is 0.163. The number of phenolic OH excluding ortho intramolecular Hbond substituents is 2. The average Bonchev–Trinajstić information content (AvgIpc) is 3.45. The lowest BCUT2D eigenvalue weighted by Gasteiger charge is -2.29. The molecule has 0 unspecified atom stereocenters. The van der Waals surface area contributed by atoms with Gasteiger partial charge in [-0.05, 0) is 107 Å². The maximum absolute atomic E-state index is 11.4. The fourth-order valence-electron chi connectivity index (χ4n) is 6.69. The van der Waals surface area contributed by atoms with Crippen LogP contribution in [0.15, 0.2) is 48.6 Å². The summed E-state index contributed by atoms with van der Waals surface area (Å²) in [7, 11) is 0. The van der Waals surface area contributed by atoms with E-state index >= 15 is 0 Å². The molecule has 0 amide bonds. The molecule has 210 valence electrons. The minimum atomic E-state index is -0.392. The Morgan fingerprint density at radius 2 is 1.19 bits per heavy atom. The van der Waals surface area contributed by atoms with Crippen LogP contribution in [0.4, 0.5) is 0 Å². The van der Waals surface area contributed by atoms with Gasteiger partial charge in [0.2, 0.25) is 0 Å². The van der Waals surface area contributed by atoms with Crippen molar-refractivity contribution in [3.63, 3.8) is 0 Å². The number of hydrogen-bond donors (Lipinski definition) is 4. The molecule has 0 radical (unpaired) electrons. The molecule has 0 saturated heterocycles. The van der Waals surface area contributed by atoms with E-state index in [0.717, 1.165) is 77.4 Å². The van der Waals surface area contributed by atoms with Gasteiger partial charge in [0, 0.05) is 44.3 Å². The summed E-state index contributed by atoms with van der Waals surface area (Å²) in [6, 6.07) is 11.6. The second-order valence-corrected chi connectivity index (χ2v) is 12.8. The molecule has 4 N–H and O–H groups in total. The summed E-state index contributed by atoms with van der Waals surface area (Å²) in [5, 5.41) is 26.6. The van der Waals surface area contributed by atoms with E-state index < -0.39 is 5.60 Å². The zero-order chi connectivity index (χ0) is 29.3. The lowest BCUT2D eigenvalue weighted by molar-refractivity contribution is 0.157. The van der Waals surface area contributed by atoms with Crippen LogP contribution in [0.1, 0.15) is 49.9 Å². The fraction of sp³-hybridized carbons (Fsp3) is 0.222. The minimum Gasteiger partial charge on any atom is -0.507 e. The third-order valence-corrected chi connectivity index (χ3v) is 8.72. The topological polar surface area (TPSA) is 90.5 Å². The first-order valence-electron chi connectivity index (χ1n) is 14.3. The van der Waals surface area contributed by atoms with Crippen LogP contribution in [-0.4, -0.2) is 31.4 Å². The summed E-state index contributed by atoms with van der Waals surface area (Å²) in [6.07, 6.45) is 8.36. The van der Waals surface area contributed by atoms with Gasteiger partial charge < -0.3 is 29.7 Å². The summed E-state index contributed by atoms with van der Waals surface area (Å²) < 4.78 is 12.7. The highest BCUT2D eigenvalue weighted by Crippen LogP contribution is 2.48. The van der Waals surface area contributed by atoms with Gasteiger partial charge in [0.15, 0.2) is 0 Å². The largest absolute Gasteiger partial charge is 0.507 e. The highest BCUT2D eigenvalue weighted by atomic mass is 16.5. The number of H-pyrrole nitrogens is 2. The number of benzene rings is 4. The monoisotopic (exact) mass is 556 g/mol. The van der Waals surface area contributed by atoms with Crippen LogP contribution < -0.4 is 9.47 Å². The molecule has 4 aromatic carbocycles. The first-order chi connectivity index (χ1) is 19.9. The summed E-state index contributed by atoms with van der Waals surface area (Å²) >= 11 is 0. The fourth-order valence-corrected chi connectivity index (χ4v) is 6.69. The molecule has 2 aliphatic heterocycles.